The van der Waals surface area contributed by atoms with Crippen molar-refractivity contribution in [2.24, 2.45) is 5.92 Å². The highest BCUT2D eigenvalue weighted by molar-refractivity contribution is 7.09. The van der Waals surface area contributed by atoms with E-state index in [0.717, 1.165) is 17.1 Å². The Labute approximate surface area is 163 Å². The molecule has 0 bridgehead atoms. The SMILES string of the molecule is COc1cccc(C(=O)N2CCC(C(=O)NCCc3csc(C)n3)CC2)c1. The molecule has 0 radical (unpaired) electrons. The van der Waals surface area contributed by atoms with Gasteiger partial charge >= 0.3 is 0 Å². The normalized spacial score (nSPS) is 14.8. The van der Waals surface area contributed by atoms with Crippen LogP contribution in [0, 0.1) is 12.8 Å². The summed E-state index contributed by atoms with van der Waals surface area (Å²) < 4.78 is 5.18. The van der Waals surface area contributed by atoms with E-state index in [-0.39, 0.29) is 17.7 Å². The smallest absolute Gasteiger partial charge is 0.253 e. The Hall–Kier alpha value is -2.41. The molecule has 0 aliphatic carbocycles. The molecule has 2 aromatic rings. The van der Waals surface area contributed by atoms with Crippen molar-refractivity contribution >= 4 is 23.2 Å². The molecule has 2 heterocycles. The number of hydrogen-bond donors (Lipinski definition) is 1. The summed E-state index contributed by atoms with van der Waals surface area (Å²) in [5.74, 6) is 0.712. The number of rotatable bonds is 6. The molecule has 1 aliphatic rings. The van der Waals surface area contributed by atoms with Gasteiger partial charge in [-0.2, -0.15) is 0 Å². The molecular formula is C20H25N3O3S. The standard InChI is InChI=1S/C20H25N3O3S/c1-14-22-17(13-27-14)6-9-21-19(24)15-7-10-23(11-8-15)20(25)16-4-3-5-18(12-16)26-2/h3-5,12-13,15H,6-11H2,1-2H3,(H,21,24). The number of benzene rings is 1. The van der Waals surface area contributed by atoms with Gasteiger partial charge in [-0.3, -0.25) is 9.59 Å². The first-order chi connectivity index (χ1) is 13.1. The number of hydrogen-bond acceptors (Lipinski definition) is 5. The van der Waals surface area contributed by atoms with Crippen LogP contribution in [-0.2, 0) is 11.2 Å². The lowest BCUT2D eigenvalue weighted by molar-refractivity contribution is -0.126. The largest absolute Gasteiger partial charge is 0.497 e. The Balaban J connectivity index is 1.45. The second-order valence-corrected chi connectivity index (χ2v) is 7.76. The van der Waals surface area contributed by atoms with Gasteiger partial charge in [-0.15, -0.1) is 11.3 Å². The number of methoxy groups -OCH3 is 1. The number of ether oxygens (including phenoxy) is 1. The number of aromatic nitrogens is 1. The number of nitrogens with zero attached hydrogens (tertiary/aromatic N) is 2. The van der Waals surface area contributed by atoms with E-state index < -0.39 is 0 Å². The highest BCUT2D eigenvalue weighted by atomic mass is 32.1. The number of amides is 2. The summed E-state index contributed by atoms with van der Waals surface area (Å²) >= 11 is 1.63. The second-order valence-electron chi connectivity index (χ2n) is 6.70. The van der Waals surface area contributed by atoms with E-state index in [9.17, 15) is 9.59 Å². The van der Waals surface area contributed by atoms with Crippen LogP contribution >= 0.6 is 11.3 Å². The van der Waals surface area contributed by atoms with E-state index >= 15 is 0 Å². The first-order valence-corrected chi connectivity index (χ1v) is 10.1. The van der Waals surface area contributed by atoms with Gasteiger partial charge < -0.3 is 15.0 Å². The van der Waals surface area contributed by atoms with Crippen LogP contribution in [0.5, 0.6) is 5.75 Å². The maximum atomic E-state index is 12.6. The van der Waals surface area contributed by atoms with Gasteiger partial charge in [0.2, 0.25) is 5.91 Å². The van der Waals surface area contributed by atoms with Crippen molar-refractivity contribution in [1.82, 2.24) is 15.2 Å². The Morgan fingerprint density at radius 2 is 2.11 bits per heavy atom. The summed E-state index contributed by atoms with van der Waals surface area (Å²) in [6.45, 7) is 3.77. The van der Waals surface area contributed by atoms with Crippen LogP contribution in [0.25, 0.3) is 0 Å². The molecule has 144 valence electrons. The molecule has 1 N–H and O–H groups in total. The van der Waals surface area contributed by atoms with E-state index in [2.05, 4.69) is 10.3 Å². The van der Waals surface area contributed by atoms with Crippen LogP contribution in [-0.4, -0.2) is 48.4 Å². The van der Waals surface area contributed by atoms with Crippen molar-refractivity contribution in [2.45, 2.75) is 26.2 Å². The lowest BCUT2D eigenvalue weighted by Crippen LogP contribution is -2.43. The Morgan fingerprint density at radius 1 is 1.33 bits per heavy atom. The zero-order chi connectivity index (χ0) is 19.2. The van der Waals surface area contributed by atoms with Gasteiger partial charge in [0.15, 0.2) is 0 Å². The van der Waals surface area contributed by atoms with Crippen LogP contribution in [0.2, 0.25) is 0 Å². The van der Waals surface area contributed by atoms with E-state index in [1.807, 2.05) is 29.3 Å². The van der Waals surface area contributed by atoms with Gasteiger partial charge in [0.25, 0.3) is 5.91 Å². The second kappa shape index (κ2) is 8.99. The minimum atomic E-state index is -0.0310. The monoisotopic (exact) mass is 387 g/mol. The number of likely N-dealkylation sites (tertiary alicyclic amines) is 1. The fourth-order valence-corrected chi connectivity index (χ4v) is 3.91. The van der Waals surface area contributed by atoms with Gasteiger partial charge in [-0.1, -0.05) is 6.07 Å². The molecule has 0 unspecified atom stereocenters. The minimum absolute atomic E-state index is 0.00772. The fraction of sp³-hybridized carbons (Fsp3) is 0.450. The quantitative estimate of drug-likeness (QED) is 0.827. The number of aryl methyl sites for hydroxylation is 1. The highest BCUT2D eigenvalue weighted by Gasteiger charge is 2.27. The van der Waals surface area contributed by atoms with Crippen molar-refractivity contribution in [1.29, 1.82) is 0 Å². The number of thiazole rings is 1. The molecule has 1 aliphatic heterocycles. The molecule has 0 atom stereocenters. The van der Waals surface area contributed by atoms with Crippen LogP contribution in [0.1, 0.15) is 33.9 Å². The summed E-state index contributed by atoms with van der Waals surface area (Å²) in [6.07, 6.45) is 2.14. The lowest BCUT2D eigenvalue weighted by Gasteiger charge is -2.31. The maximum Gasteiger partial charge on any atom is 0.253 e. The van der Waals surface area contributed by atoms with E-state index in [1.165, 1.54) is 0 Å². The summed E-state index contributed by atoms with van der Waals surface area (Å²) in [6, 6.07) is 7.18. The molecule has 7 heteroatoms. The highest BCUT2D eigenvalue weighted by Crippen LogP contribution is 2.21. The molecule has 1 aromatic carbocycles. The van der Waals surface area contributed by atoms with Crippen LogP contribution < -0.4 is 10.1 Å². The van der Waals surface area contributed by atoms with Gasteiger partial charge in [-0.25, -0.2) is 4.98 Å². The third kappa shape index (κ3) is 5.07. The van der Waals surface area contributed by atoms with Crippen molar-refractivity contribution in [3.8, 4) is 5.75 Å². The van der Waals surface area contributed by atoms with Crippen LogP contribution in [0.15, 0.2) is 29.6 Å². The Morgan fingerprint density at radius 3 is 2.78 bits per heavy atom. The molecule has 3 rings (SSSR count). The predicted octanol–water partition coefficient (Wildman–Crippen LogP) is 2.67. The average Bonchev–Trinajstić information content (AvgIpc) is 3.12. The van der Waals surface area contributed by atoms with Gasteiger partial charge in [-0.05, 0) is 38.0 Å². The summed E-state index contributed by atoms with van der Waals surface area (Å²) in [5, 5.41) is 6.08. The number of carbonyl (C=O) groups is 2. The number of piperidine rings is 1. The lowest BCUT2D eigenvalue weighted by atomic mass is 9.95. The van der Waals surface area contributed by atoms with E-state index in [0.29, 0.717) is 43.8 Å². The number of nitrogens with one attached hydrogen (secondary N) is 1. The molecule has 1 saturated heterocycles. The van der Waals surface area contributed by atoms with Gasteiger partial charge in [0.05, 0.1) is 17.8 Å². The summed E-state index contributed by atoms with van der Waals surface area (Å²) in [5.41, 5.74) is 1.65. The van der Waals surface area contributed by atoms with Gasteiger partial charge in [0.1, 0.15) is 5.75 Å². The molecule has 1 aromatic heterocycles. The third-order valence-electron chi connectivity index (χ3n) is 4.82. The number of carbonyl (C=O) groups excluding carboxylic acids is 2. The van der Waals surface area contributed by atoms with Crippen molar-refractivity contribution < 1.29 is 14.3 Å². The first-order valence-electron chi connectivity index (χ1n) is 9.19. The zero-order valence-corrected chi connectivity index (χ0v) is 16.6. The molecular weight excluding hydrogens is 362 g/mol. The molecule has 1 fully saturated rings. The molecule has 27 heavy (non-hydrogen) atoms. The topological polar surface area (TPSA) is 71.5 Å². The zero-order valence-electron chi connectivity index (χ0n) is 15.7. The third-order valence-corrected chi connectivity index (χ3v) is 5.64. The molecule has 0 saturated carbocycles. The van der Waals surface area contributed by atoms with E-state index in [1.54, 1.807) is 30.6 Å². The summed E-state index contributed by atoms with van der Waals surface area (Å²) in [7, 11) is 1.59. The Kier molecular flexibility index (Phi) is 6.45. The first kappa shape index (κ1) is 19.4. The van der Waals surface area contributed by atoms with Crippen LogP contribution in [0.4, 0.5) is 0 Å². The molecule has 2 amide bonds. The minimum Gasteiger partial charge on any atom is -0.497 e. The maximum absolute atomic E-state index is 12.6. The summed E-state index contributed by atoms with van der Waals surface area (Å²) in [4.78, 5) is 31.2. The Bertz CT molecular complexity index is 797. The van der Waals surface area contributed by atoms with Crippen molar-refractivity contribution in [2.75, 3.05) is 26.7 Å². The van der Waals surface area contributed by atoms with Crippen LogP contribution in [0.3, 0.4) is 0 Å². The van der Waals surface area contributed by atoms with E-state index in [4.69, 9.17) is 4.74 Å². The average molecular weight is 388 g/mol. The predicted molar refractivity (Wildman–Crippen MR) is 105 cm³/mol. The molecule has 0 spiro atoms. The van der Waals surface area contributed by atoms with Crippen molar-refractivity contribution in [3.63, 3.8) is 0 Å². The van der Waals surface area contributed by atoms with Crippen molar-refractivity contribution in [3.05, 3.63) is 45.9 Å². The molecule has 6 nitrogen and oxygen atoms in total. The van der Waals surface area contributed by atoms with Gasteiger partial charge in [0, 0.05) is 42.9 Å². The fourth-order valence-electron chi connectivity index (χ4n) is 3.26.